The first kappa shape index (κ1) is 16.5. The minimum absolute atomic E-state index is 0. The Labute approximate surface area is 128 Å². The van der Waals surface area contributed by atoms with Gasteiger partial charge >= 0.3 is 0 Å². The van der Waals surface area contributed by atoms with Crippen LogP contribution in [0.1, 0.15) is 38.5 Å². The summed E-state index contributed by atoms with van der Waals surface area (Å²) >= 11 is 0. The average Bonchev–Trinajstić information content (AvgIpc) is 2.86. The van der Waals surface area contributed by atoms with Gasteiger partial charge in [-0.3, -0.25) is 0 Å². The van der Waals surface area contributed by atoms with Crippen molar-refractivity contribution >= 4 is 22.6 Å². The number of piperidine rings is 1. The van der Waals surface area contributed by atoms with Crippen LogP contribution in [0, 0.1) is 11.8 Å². The van der Waals surface area contributed by atoms with Crippen molar-refractivity contribution in [3.05, 3.63) is 0 Å². The lowest BCUT2D eigenvalue weighted by molar-refractivity contribution is 0.259. The maximum atomic E-state index is 12.6. The molecule has 0 aromatic heterocycles. The largest absolute Gasteiger partial charge is 0.327 e. The predicted octanol–water partition coefficient (Wildman–Crippen LogP) is 1.20. The second-order valence-electron chi connectivity index (χ2n) is 6.30. The van der Waals surface area contributed by atoms with Crippen LogP contribution in [0.25, 0.3) is 0 Å². The SMILES string of the molecule is Cl.NC1CCCC2CN(S(=O)(=O)N3CCCCC3)CC12. The standard InChI is InChI=1S/C13H25N3O2S.ClH/c14-13-6-4-5-11-9-16(10-12(11)13)19(17,18)15-7-2-1-3-8-15;/h11-13H,1-10,14H2;1H. The molecule has 2 aliphatic heterocycles. The van der Waals surface area contributed by atoms with Crippen LogP contribution in [0.5, 0.6) is 0 Å². The minimum atomic E-state index is -3.23. The molecule has 3 fully saturated rings. The van der Waals surface area contributed by atoms with E-state index in [4.69, 9.17) is 5.73 Å². The first-order valence-corrected chi connectivity index (χ1v) is 8.99. The molecule has 7 heteroatoms. The Morgan fingerprint density at radius 3 is 2.25 bits per heavy atom. The molecule has 0 aromatic rings. The smallest absolute Gasteiger partial charge is 0.281 e. The minimum Gasteiger partial charge on any atom is -0.327 e. The highest BCUT2D eigenvalue weighted by molar-refractivity contribution is 7.86. The fourth-order valence-corrected chi connectivity index (χ4v) is 5.71. The lowest BCUT2D eigenvalue weighted by Crippen LogP contribution is -2.45. The number of nitrogens with two attached hydrogens (primary N) is 1. The van der Waals surface area contributed by atoms with Gasteiger partial charge in [0.2, 0.25) is 0 Å². The van der Waals surface area contributed by atoms with Gasteiger partial charge in [-0.05, 0) is 37.5 Å². The molecule has 0 aromatic carbocycles. The molecule has 1 saturated carbocycles. The summed E-state index contributed by atoms with van der Waals surface area (Å²) in [6.07, 6.45) is 6.50. The quantitative estimate of drug-likeness (QED) is 0.830. The zero-order valence-electron chi connectivity index (χ0n) is 11.9. The second kappa shape index (κ2) is 6.48. The van der Waals surface area contributed by atoms with Crippen LogP contribution in [-0.2, 0) is 10.2 Å². The summed E-state index contributed by atoms with van der Waals surface area (Å²) in [4.78, 5) is 0. The van der Waals surface area contributed by atoms with Gasteiger partial charge in [0, 0.05) is 32.2 Å². The number of halogens is 1. The fourth-order valence-electron chi connectivity index (χ4n) is 3.92. The first-order valence-electron chi connectivity index (χ1n) is 7.60. The van der Waals surface area contributed by atoms with Gasteiger partial charge in [-0.15, -0.1) is 12.4 Å². The Morgan fingerprint density at radius 1 is 0.900 bits per heavy atom. The van der Waals surface area contributed by atoms with Crippen LogP contribution in [0.2, 0.25) is 0 Å². The molecule has 118 valence electrons. The molecule has 3 atom stereocenters. The molecule has 3 aliphatic rings. The Bertz CT molecular complexity index is 425. The zero-order chi connectivity index (χ0) is 13.5. The van der Waals surface area contributed by atoms with Gasteiger partial charge in [0.15, 0.2) is 0 Å². The highest BCUT2D eigenvalue weighted by atomic mass is 35.5. The van der Waals surface area contributed by atoms with E-state index in [1.165, 1.54) is 0 Å². The molecule has 3 unspecified atom stereocenters. The van der Waals surface area contributed by atoms with Crippen molar-refractivity contribution in [2.24, 2.45) is 17.6 Å². The van der Waals surface area contributed by atoms with Gasteiger partial charge in [0.1, 0.15) is 0 Å². The van der Waals surface area contributed by atoms with Crippen molar-refractivity contribution < 1.29 is 8.42 Å². The number of nitrogens with zero attached hydrogens (tertiary/aromatic N) is 2. The van der Waals surface area contributed by atoms with E-state index >= 15 is 0 Å². The Hall–Kier alpha value is 0.120. The highest BCUT2D eigenvalue weighted by Crippen LogP contribution is 2.37. The van der Waals surface area contributed by atoms with Crippen molar-refractivity contribution in [1.29, 1.82) is 0 Å². The Balaban J connectivity index is 0.00000147. The van der Waals surface area contributed by atoms with Crippen molar-refractivity contribution in [3.8, 4) is 0 Å². The zero-order valence-corrected chi connectivity index (χ0v) is 13.5. The van der Waals surface area contributed by atoms with E-state index in [1.807, 2.05) is 0 Å². The van der Waals surface area contributed by atoms with Gasteiger partial charge in [-0.2, -0.15) is 17.0 Å². The molecular formula is C13H26ClN3O2S. The van der Waals surface area contributed by atoms with Gasteiger partial charge in [-0.1, -0.05) is 12.8 Å². The van der Waals surface area contributed by atoms with Crippen molar-refractivity contribution in [2.75, 3.05) is 26.2 Å². The third-order valence-corrected chi connectivity index (χ3v) is 7.06. The normalized spacial score (nSPS) is 36.4. The second-order valence-corrected chi connectivity index (χ2v) is 8.23. The third-order valence-electron chi connectivity index (χ3n) is 5.09. The number of hydrogen-bond acceptors (Lipinski definition) is 3. The van der Waals surface area contributed by atoms with Crippen LogP contribution in [-0.4, -0.2) is 49.2 Å². The van der Waals surface area contributed by atoms with Crippen molar-refractivity contribution in [2.45, 2.75) is 44.6 Å². The molecule has 0 bridgehead atoms. The molecule has 0 spiro atoms. The van der Waals surface area contributed by atoms with Crippen LogP contribution < -0.4 is 5.73 Å². The van der Waals surface area contributed by atoms with Crippen LogP contribution in [0.3, 0.4) is 0 Å². The predicted molar refractivity (Wildman–Crippen MR) is 82.0 cm³/mol. The fraction of sp³-hybridized carbons (Fsp3) is 1.00. The molecular weight excluding hydrogens is 298 g/mol. The number of hydrogen-bond donors (Lipinski definition) is 1. The van der Waals surface area contributed by atoms with Gasteiger partial charge in [0.25, 0.3) is 10.2 Å². The van der Waals surface area contributed by atoms with E-state index < -0.39 is 10.2 Å². The molecule has 0 amide bonds. The molecule has 2 saturated heterocycles. The monoisotopic (exact) mass is 323 g/mol. The lowest BCUT2D eigenvalue weighted by Gasteiger charge is -2.30. The number of fused-ring (bicyclic) bond motifs is 1. The molecule has 5 nitrogen and oxygen atoms in total. The summed E-state index contributed by atoms with van der Waals surface area (Å²) in [7, 11) is -3.23. The summed E-state index contributed by atoms with van der Waals surface area (Å²) in [6, 6.07) is 0.195. The summed E-state index contributed by atoms with van der Waals surface area (Å²) in [5, 5.41) is 0. The number of rotatable bonds is 2. The van der Waals surface area contributed by atoms with Crippen LogP contribution in [0.4, 0.5) is 0 Å². The lowest BCUT2D eigenvalue weighted by atomic mass is 9.78. The van der Waals surface area contributed by atoms with Crippen LogP contribution in [0.15, 0.2) is 0 Å². The van der Waals surface area contributed by atoms with Crippen LogP contribution >= 0.6 is 12.4 Å². The average molecular weight is 324 g/mol. The Morgan fingerprint density at radius 2 is 1.60 bits per heavy atom. The summed E-state index contributed by atoms with van der Waals surface area (Å²) in [5.41, 5.74) is 6.17. The van der Waals surface area contributed by atoms with Gasteiger partial charge < -0.3 is 5.73 Å². The summed E-state index contributed by atoms with van der Waals surface area (Å²) in [6.45, 7) is 2.72. The van der Waals surface area contributed by atoms with E-state index in [9.17, 15) is 8.42 Å². The molecule has 1 aliphatic carbocycles. The molecule has 20 heavy (non-hydrogen) atoms. The van der Waals surface area contributed by atoms with Crippen molar-refractivity contribution in [3.63, 3.8) is 0 Å². The van der Waals surface area contributed by atoms with Gasteiger partial charge in [0.05, 0.1) is 0 Å². The summed E-state index contributed by atoms with van der Waals surface area (Å²) in [5.74, 6) is 0.872. The van der Waals surface area contributed by atoms with E-state index in [0.717, 1.165) is 38.5 Å². The highest BCUT2D eigenvalue weighted by Gasteiger charge is 2.44. The molecule has 2 N–H and O–H groups in total. The molecule has 3 rings (SSSR count). The maximum absolute atomic E-state index is 12.6. The van der Waals surface area contributed by atoms with Crippen molar-refractivity contribution in [1.82, 2.24) is 8.61 Å². The van der Waals surface area contributed by atoms with E-state index in [1.54, 1.807) is 8.61 Å². The topological polar surface area (TPSA) is 66.6 Å². The van der Waals surface area contributed by atoms with E-state index in [-0.39, 0.29) is 18.4 Å². The van der Waals surface area contributed by atoms with E-state index in [0.29, 0.717) is 38.0 Å². The maximum Gasteiger partial charge on any atom is 0.281 e. The summed E-state index contributed by atoms with van der Waals surface area (Å²) < 4.78 is 28.7. The molecule has 0 radical (unpaired) electrons. The third kappa shape index (κ3) is 2.99. The first-order chi connectivity index (χ1) is 9.09. The van der Waals surface area contributed by atoms with Gasteiger partial charge in [-0.25, -0.2) is 0 Å². The molecule has 2 heterocycles. The van der Waals surface area contributed by atoms with E-state index in [2.05, 4.69) is 0 Å². The Kier molecular flexibility index (Phi) is 5.34.